The molecule has 1 aliphatic heterocycles. The van der Waals surface area contributed by atoms with E-state index in [1.54, 1.807) is 11.0 Å². The Morgan fingerprint density at radius 3 is 2.23 bits per heavy atom. The maximum Gasteiger partial charge on any atom is 0.223 e. The molecule has 178 valence electrons. The molecule has 1 atom stereocenters. The van der Waals surface area contributed by atoms with Crippen LogP contribution < -0.4 is 17.0 Å². The molecule has 8 N–H and O–H groups in total. The molecule has 2 rings (SSSR count). The number of β-amino-alcohol motifs (C(OH)–C–C–N with tert-alkyl or cyclic N) is 1. The van der Waals surface area contributed by atoms with E-state index < -0.39 is 0 Å². The van der Waals surface area contributed by atoms with Gasteiger partial charge in [0.25, 0.3) is 0 Å². The largest absolute Gasteiger partial charge is 0.508 e. The Hall–Kier alpha value is -2.48. The van der Waals surface area contributed by atoms with Gasteiger partial charge in [0.1, 0.15) is 12.5 Å². The molecular formula is C22H40N4O5. The Balaban J connectivity index is -0.000000408. The number of aromatic hydroxyl groups is 1. The highest BCUT2D eigenvalue weighted by atomic mass is 16.3. The van der Waals surface area contributed by atoms with E-state index in [-0.39, 0.29) is 23.2 Å². The predicted octanol–water partition coefficient (Wildman–Crippen LogP) is 0.351. The van der Waals surface area contributed by atoms with Gasteiger partial charge in [-0.2, -0.15) is 0 Å². The van der Waals surface area contributed by atoms with Crippen LogP contribution in [0, 0.1) is 17.8 Å². The molecule has 1 aromatic carbocycles. The van der Waals surface area contributed by atoms with Crippen LogP contribution >= 0.6 is 0 Å². The van der Waals surface area contributed by atoms with E-state index in [1.165, 1.54) is 0 Å². The molecule has 1 fully saturated rings. The van der Waals surface area contributed by atoms with Gasteiger partial charge in [-0.3, -0.25) is 16.5 Å². The van der Waals surface area contributed by atoms with Crippen LogP contribution in [0.1, 0.15) is 44.7 Å². The highest BCUT2D eigenvalue weighted by molar-refractivity contribution is 5.77. The van der Waals surface area contributed by atoms with Crippen molar-refractivity contribution in [1.29, 1.82) is 0 Å². The number of phenolic OH excluding ortho intramolecular Hbond substituents is 1. The van der Waals surface area contributed by atoms with Gasteiger partial charge in [-0.1, -0.05) is 32.8 Å². The summed E-state index contributed by atoms with van der Waals surface area (Å²) < 4.78 is 0. The monoisotopic (exact) mass is 440 g/mol. The second-order valence-electron chi connectivity index (χ2n) is 7.54. The fraction of sp³-hybridized carbons (Fsp3) is 0.545. The first-order valence-corrected chi connectivity index (χ1v) is 9.62. The van der Waals surface area contributed by atoms with Gasteiger partial charge in [0.2, 0.25) is 5.91 Å². The van der Waals surface area contributed by atoms with Crippen LogP contribution in [-0.2, 0) is 16.1 Å². The normalized spacial score (nSPS) is 14.1. The highest BCUT2D eigenvalue weighted by Gasteiger charge is 2.27. The molecule has 31 heavy (non-hydrogen) atoms. The molecule has 1 heterocycles. The first kappa shape index (κ1) is 33.2. The molecule has 0 spiro atoms. The number of aliphatic hydroxyl groups is 2. The summed E-state index contributed by atoms with van der Waals surface area (Å²) in [7, 11) is 2.83. The lowest BCUT2D eigenvalue weighted by Gasteiger charge is -2.22. The number of rotatable bonds is 3. The zero-order valence-electron chi connectivity index (χ0n) is 19.4. The number of carbonyl (C=O) groups excluding carboxylic acids is 2. The van der Waals surface area contributed by atoms with Gasteiger partial charge in [-0.05, 0) is 31.0 Å². The maximum absolute atomic E-state index is 11.6. The van der Waals surface area contributed by atoms with E-state index in [0.29, 0.717) is 25.1 Å². The number of amides is 1. The number of terminal acetylenes is 1. The van der Waals surface area contributed by atoms with Crippen LogP contribution in [0.5, 0.6) is 5.75 Å². The standard InChI is InChI=1S/C10H19NO2.C10H11NO.CH4O.CH2O.H4N2/c1-10(2,3)6-9(13)11-5-4-8(12)7-11;1-3-8-4-5-9(7-11-2)10(12)6-8;3*1-2/h8,12H,4-7H2,1-3H3;1,4-6,11-12H,7H2,2H3;2H,1H3;1H2;1-2H2. The van der Waals surface area contributed by atoms with Crippen molar-refractivity contribution in [2.45, 2.75) is 46.3 Å². The summed E-state index contributed by atoms with van der Waals surface area (Å²) in [5.41, 5.74) is 1.61. The summed E-state index contributed by atoms with van der Waals surface area (Å²) in [6.07, 6.45) is 6.17. The second-order valence-corrected chi connectivity index (χ2v) is 7.54. The smallest absolute Gasteiger partial charge is 0.223 e. The molecule has 0 aromatic heterocycles. The number of phenols is 1. The lowest BCUT2D eigenvalue weighted by Crippen LogP contribution is -2.32. The zero-order valence-corrected chi connectivity index (χ0v) is 19.4. The van der Waals surface area contributed by atoms with Crippen molar-refractivity contribution in [1.82, 2.24) is 10.2 Å². The van der Waals surface area contributed by atoms with Crippen LogP contribution in [0.25, 0.3) is 0 Å². The fourth-order valence-electron chi connectivity index (χ4n) is 2.53. The molecule has 1 saturated heterocycles. The molecular weight excluding hydrogens is 400 g/mol. The number of carbonyl (C=O) groups is 2. The minimum absolute atomic E-state index is 0.0463. The summed E-state index contributed by atoms with van der Waals surface area (Å²) in [6.45, 7) is 10.0. The molecule has 9 heteroatoms. The number of hydrogen-bond acceptors (Lipinski definition) is 8. The van der Waals surface area contributed by atoms with Crippen LogP contribution in [0.15, 0.2) is 18.2 Å². The highest BCUT2D eigenvalue weighted by Crippen LogP contribution is 2.21. The van der Waals surface area contributed by atoms with Gasteiger partial charge in [0.05, 0.1) is 6.10 Å². The summed E-state index contributed by atoms with van der Waals surface area (Å²) in [5.74, 6) is 10.9. The first-order chi connectivity index (χ1) is 14.7. The summed E-state index contributed by atoms with van der Waals surface area (Å²) in [6, 6.07) is 5.22. The van der Waals surface area contributed by atoms with Gasteiger partial charge >= 0.3 is 0 Å². The van der Waals surface area contributed by atoms with Crippen LogP contribution in [0.3, 0.4) is 0 Å². The Labute approximate surface area is 186 Å². The minimum atomic E-state index is -0.302. The van der Waals surface area contributed by atoms with Crippen molar-refractivity contribution < 1.29 is 24.9 Å². The quantitative estimate of drug-likeness (QED) is 0.223. The zero-order chi connectivity index (χ0) is 25.0. The summed E-state index contributed by atoms with van der Waals surface area (Å²) >= 11 is 0. The molecule has 0 aliphatic carbocycles. The summed E-state index contributed by atoms with van der Waals surface area (Å²) in [4.78, 5) is 21.4. The molecule has 1 unspecified atom stereocenters. The van der Waals surface area contributed by atoms with Crippen molar-refractivity contribution >= 4 is 12.7 Å². The first-order valence-electron chi connectivity index (χ1n) is 9.62. The predicted molar refractivity (Wildman–Crippen MR) is 124 cm³/mol. The Morgan fingerprint density at radius 1 is 1.32 bits per heavy atom. The van der Waals surface area contributed by atoms with Crippen molar-refractivity contribution in [3.63, 3.8) is 0 Å². The lowest BCUT2D eigenvalue weighted by molar-refractivity contribution is -0.132. The van der Waals surface area contributed by atoms with E-state index >= 15 is 0 Å². The van der Waals surface area contributed by atoms with Gasteiger partial charge in [-0.25, -0.2) is 0 Å². The number of benzene rings is 1. The van der Waals surface area contributed by atoms with Gasteiger partial charge < -0.3 is 30.3 Å². The van der Waals surface area contributed by atoms with E-state index in [9.17, 15) is 15.0 Å². The number of likely N-dealkylation sites (tertiary alicyclic amines) is 1. The van der Waals surface area contributed by atoms with E-state index in [4.69, 9.17) is 16.3 Å². The average Bonchev–Trinajstić information content (AvgIpc) is 3.20. The topological polar surface area (TPSA) is 162 Å². The summed E-state index contributed by atoms with van der Waals surface area (Å²) in [5, 5.41) is 28.6. The molecule has 0 saturated carbocycles. The molecule has 1 aromatic rings. The van der Waals surface area contributed by atoms with Crippen molar-refractivity contribution in [2.24, 2.45) is 17.1 Å². The van der Waals surface area contributed by atoms with Gasteiger partial charge in [-0.15, -0.1) is 6.42 Å². The van der Waals surface area contributed by atoms with E-state index in [2.05, 4.69) is 43.7 Å². The Kier molecular flexibility index (Phi) is 20.8. The fourth-order valence-corrected chi connectivity index (χ4v) is 2.53. The number of hydrazine groups is 1. The number of nitrogens with one attached hydrogen (secondary N) is 1. The van der Waals surface area contributed by atoms with Crippen molar-refractivity contribution in [3.8, 4) is 18.1 Å². The lowest BCUT2D eigenvalue weighted by atomic mass is 9.92. The van der Waals surface area contributed by atoms with Crippen molar-refractivity contribution in [2.75, 3.05) is 27.2 Å². The van der Waals surface area contributed by atoms with Crippen LogP contribution in [-0.4, -0.2) is 66.3 Å². The molecule has 0 radical (unpaired) electrons. The average molecular weight is 441 g/mol. The Bertz CT molecular complexity index is 642. The van der Waals surface area contributed by atoms with E-state index in [1.807, 2.05) is 26.0 Å². The van der Waals surface area contributed by atoms with Crippen LogP contribution in [0.2, 0.25) is 0 Å². The molecule has 1 aliphatic rings. The minimum Gasteiger partial charge on any atom is -0.508 e. The van der Waals surface area contributed by atoms with Gasteiger partial charge in [0, 0.05) is 44.3 Å². The second kappa shape index (κ2) is 19.5. The SMILES string of the molecule is C#Cc1ccc(CNC)c(O)c1.C=O.CC(C)(C)CC(=O)N1CCC(O)C1.CO.NN. The third-order valence-corrected chi connectivity index (χ3v) is 3.82. The van der Waals surface area contributed by atoms with E-state index in [0.717, 1.165) is 25.6 Å². The van der Waals surface area contributed by atoms with Gasteiger partial charge in [0.15, 0.2) is 0 Å². The molecule has 9 nitrogen and oxygen atoms in total. The Morgan fingerprint density at radius 2 is 1.87 bits per heavy atom. The third-order valence-electron chi connectivity index (χ3n) is 3.82. The number of nitrogens with two attached hydrogens (primary N) is 2. The number of nitrogens with zero attached hydrogens (tertiary/aromatic N) is 1. The number of aliphatic hydroxyl groups excluding tert-OH is 2. The molecule has 1 amide bonds. The molecule has 0 bridgehead atoms. The maximum atomic E-state index is 11.6. The third kappa shape index (κ3) is 16.0. The number of hydrogen-bond donors (Lipinski definition) is 6. The van der Waals surface area contributed by atoms with Crippen molar-refractivity contribution in [3.05, 3.63) is 29.3 Å². The van der Waals surface area contributed by atoms with Crippen LogP contribution in [0.4, 0.5) is 0 Å².